The number of carboxylic acid groups (broad SMARTS) is 1. The molecule has 0 amide bonds. The van der Waals surface area contributed by atoms with E-state index in [1.807, 2.05) is 0 Å². The maximum absolute atomic E-state index is 11.2. The molecule has 0 aromatic rings. The number of rotatable bonds is 6. The van der Waals surface area contributed by atoms with E-state index in [-0.39, 0.29) is 6.29 Å². The van der Waals surface area contributed by atoms with Crippen LogP contribution in [-0.4, -0.2) is 30.1 Å². The molecule has 2 unspecified atom stereocenters. The van der Waals surface area contributed by atoms with Crippen molar-refractivity contribution in [3.05, 3.63) is 11.6 Å². The molecule has 5 rings (SSSR count). The Kier molecular flexibility index (Phi) is 6.72. The van der Waals surface area contributed by atoms with Gasteiger partial charge in [0.05, 0.1) is 6.10 Å². The van der Waals surface area contributed by atoms with Crippen molar-refractivity contribution >= 4 is 5.97 Å². The van der Waals surface area contributed by atoms with Gasteiger partial charge in [0.1, 0.15) is 0 Å². The van der Waals surface area contributed by atoms with Gasteiger partial charge < -0.3 is 14.6 Å². The highest BCUT2D eigenvalue weighted by molar-refractivity contribution is 5.66. The SMILES string of the molecule is C[C@H](CCC(=O)O)[C@H]1CC[C@H]2[C@@H]3CC=C4CC(OC5CCCCO5)CC[C@]4(C)[C@H]3CC[C@]12C. The number of ether oxygens (including phenoxy) is 2. The van der Waals surface area contributed by atoms with Gasteiger partial charge in [0.15, 0.2) is 6.29 Å². The molecule has 1 aliphatic heterocycles. The van der Waals surface area contributed by atoms with Crippen LogP contribution >= 0.6 is 0 Å². The summed E-state index contributed by atoms with van der Waals surface area (Å²) in [5.41, 5.74) is 2.44. The number of aliphatic carboxylic acids is 1. The topological polar surface area (TPSA) is 55.8 Å². The van der Waals surface area contributed by atoms with Crippen molar-refractivity contribution in [1.29, 1.82) is 0 Å². The van der Waals surface area contributed by atoms with Crippen molar-refractivity contribution in [3.8, 4) is 0 Å². The van der Waals surface area contributed by atoms with E-state index < -0.39 is 5.97 Å². The number of fused-ring (bicyclic) bond motifs is 5. The third-order valence-electron chi connectivity index (χ3n) is 11.1. The molecular formula is C29H46O4. The smallest absolute Gasteiger partial charge is 0.303 e. The van der Waals surface area contributed by atoms with E-state index in [0.717, 1.165) is 43.6 Å². The lowest BCUT2D eigenvalue weighted by Crippen LogP contribution is -2.51. The summed E-state index contributed by atoms with van der Waals surface area (Å²) in [5.74, 6) is 3.02. The minimum atomic E-state index is -0.641. The first kappa shape index (κ1) is 23.9. The predicted molar refractivity (Wildman–Crippen MR) is 130 cm³/mol. The quantitative estimate of drug-likeness (QED) is 0.436. The van der Waals surface area contributed by atoms with Crippen LogP contribution in [0.3, 0.4) is 0 Å². The lowest BCUT2D eigenvalue weighted by Gasteiger charge is -2.58. The van der Waals surface area contributed by atoms with E-state index in [0.29, 0.717) is 35.2 Å². The summed E-state index contributed by atoms with van der Waals surface area (Å²) in [5, 5.41) is 9.18. The van der Waals surface area contributed by atoms with E-state index in [1.54, 1.807) is 5.57 Å². The fraction of sp³-hybridized carbons (Fsp3) is 0.897. The second-order valence-corrected chi connectivity index (χ2v) is 12.7. The lowest BCUT2D eigenvalue weighted by atomic mass is 9.47. The van der Waals surface area contributed by atoms with Crippen molar-refractivity contribution in [2.75, 3.05) is 6.61 Å². The molecule has 1 heterocycles. The standard InChI is InChI=1S/C29H46O4/c1-19(7-12-26(30)31)23-10-11-24-22-9-8-20-18-21(33-27-6-4-5-17-32-27)13-15-28(20,2)25(22)14-16-29(23,24)3/h8,19,21-25,27H,4-7,9-18H2,1-3H3,(H,30,31)/t19-,21?,22+,23-,24+,25+,27?,28+,29-/m1/s1. The Labute approximate surface area is 200 Å². The second-order valence-electron chi connectivity index (χ2n) is 12.7. The predicted octanol–water partition coefficient (Wildman–Crippen LogP) is 6.98. The second kappa shape index (κ2) is 9.30. The third-order valence-corrected chi connectivity index (χ3v) is 11.1. The molecule has 0 radical (unpaired) electrons. The molecular weight excluding hydrogens is 412 g/mol. The van der Waals surface area contributed by atoms with Crippen LogP contribution in [-0.2, 0) is 14.3 Å². The number of hydrogen-bond acceptors (Lipinski definition) is 3. The van der Waals surface area contributed by atoms with Gasteiger partial charge in [-0.05, 0) is 117 Å². The molecule has 1 saturated heterocycles. The first-order chi connectivity index (χ1) is 15.8. The van der Waals surface area contributed by atoms with Crippen LogP contribution in [0.2, 0.25) is 0 Å². The summed E-state index contributed by atoms with van der Waals surface area (Å²) in [6, 6.07) is 0. The first-order valence-corrected chi connectivity index (χ1v) is 14.0. The highest BCUT2D eigenvalue weighted by Gasteiger charge is 2.59. The molecule has 4 nitrogen and oxygen atoms in total. The molecule has 3 saturated carbocycles. The molecule has 5 aliphatic rings. The van der Waals surface area contributed by atoms with Crippen molar-refractivity contribution in [3.63, 3.8) is 0 Å². The molecule has 0 aromatic carbocycles. The fourth-order valence-corrected chi connectivity index (χ4v) is 9.30. The van der Waals surface area contributed by atoms with E-state index in [9.17, 15) is 9.90 Å². The number of carbonyl (C=O) groups is 1. The van der Waals surface area contributed by atoms with Crippen LogP contribution < -0.4 is 0 Å². The molecule has 9 atom stereocenters. The van der Waals surface area contributed by atoms with E-state index in [2.05, 4.69) is 26.8 Å². The summed E-state index contributed by atoms with van der Waals surface area (Å²) in [6.45, 7) is 8.33. The van der Waals surface area contributed by atoms with Gasteiger partial charge in [0.25, 0.3) is 0 Å². The van der Waals surface area contributed by atoms with Crippen LogP contribution in [0, 0.1) is 40.4 Å². The highest BCUT2D eigenvalue weighted by Crippen LogP contribution is 2.67. The molecule has 4 fully saturated rings. The van der Waals surface area contributed by atoms with Crippen molar-refractivity contribution in [2.24, 2.45) is 40.4 Å². The molecule has 33 heavy (non-hydrogen) atoms. The zero-order valence-electron chi connectivity index (χ0n) is 21.2. The Morgan fingerprint density at radius 2 is 2.00 bits per heavy atom. The Bertz CT molecular complexity index is 755. The fourth-order valence-electron chi connectivity index (χ4n) is 9.30. The Hall–Kier alpha value is -0.870. The Morgan fingerprint density at radius 1 is 1.15 bits per heavy atom. The number of hydrogen-bond donors (Lipinski definition) is 1. The van der Waals surface area contributed by atoms with Gasteiger partial charge >= 0.3 is 5.97 Å². The maximum atomic E-state index is 11.2. The van der Waals surface area contributed by atoms with Crippen molar-refractivity contribution in [2.45, 2.75) is 117 Å². The van der Waals surface area contributed by atoms with Crippen LogP contribution in [0.5, 0.6) is 0 Å². The largest absolute Gasteiger partial charge is 0.481 e. The van der Waals surface area contributed by atoms with Gasteiger partial charge in [-0.1, -0.05) is 32.4 Å². The molecule has 4 aliphatic carbocycles. The average Bonchev–Trinajstić information content (AvgIpc) is 3.16. The average molecular weight is 459 g/mol. The number of carboxylic acids is 1. The van der Waals surface area contributed by atoms with Crippen LogP contribution in [0.15, 0.2) is 11.6 Å². The van der Waals surface area contributed by atoms with E-state index in [1.165, 1.54) is 57.8 Å². The summed E-state index contributed by atoms with van der Waals surface area (Å²) in [7, 11) is 0. The zero-order valence-corrected chi connectivity index (χ0v) is 21.2. The zero-order chi connectivity index (χ0) is 23.2. The van der Waals surface area contributed by atoms with Crippen LogP contribution in [0.4, 0.5) is 0 Å². The van der Waals surface area contributed by atoms with Gasteiger partial charge in [0.2, 0.25) is 0 Å². The van der Waals surface area contributed by atoms with Crippen LogP contribution in [0.25, 0.3) is 0 Å². The minimum Gasteiger partial charge on any atom is -0.481 e. The third kappa shape index (κ3) is 4.33. The maximum Gasteiger partial charge on any atom is 0.303 e. The summed E-state index contributed by atoms with van der Waals surface area (Å²) in [6.07, 6.45) is 17.8. The highest BCUT2D eigenvalue weighted by atomic mass is 16.7. The van der Waals surface area contributed by atoms with Crippen molar-refractivity contribution < 1.29 is 19.4 Å². The first-order valence-electron chi connectivity index (χ1n) is 14.0. The van der Waals surface area contributed by atoms with E-state index >= 15 is 0 Å². The normalized spacial score (nSPS) is 46.0. The molecule has 0 aromatic heterocycles. The van der Waals surface area contributed by atoms with Gasteiger partial charge in [-0.15, -0.1) is 0 Å². The monoisotopic (exact) mass is 458 g/mol. The van der Waals surface area contributed by atoms with E-state index in [4.69, 9.17) is 9.47 Å². The van der Waals surface area contributed by atoms with Gasteiger partial charge in [-0.3, -0.25) is 4.79 Å². The molecule has 4 heteroatoms. The summed E-state index contributed by atoms with van der Waals surface area (Å²) < 4.78 is 12.3. The molecule has 0 bridgehead atoms. The minimum absolute atomic E-state index is 0.0268. The van der Waals surface area contributed by atoms with Gasteiger partial charge in [-0.25, -0.2) is 0 Å². The van der Waals surface area contributed by atoms with Gasteiger partial charge in [0, 0.05) is 13.0 Å². The Morgan fingerprint density at radius 3 is 2.76 bits per heavy atom. The van der Waals surface area contributed by atoms with Crippen LogP contribution in [0.1, 0.15) is 104 Å². The molecule has 1 N–H and O–H groups in total. The van der Waals surface area contributed by atoms with Crippen molar-refractivity contribution in [1.82, 2.24) is 0 Å². The Balaban J connectivity index is 1.27. The molecule has 0 spiro atoms. The number of allylic oxidation sites excluding steroid dienone is 1. The summed E-state index contributed by atoms with van der Waals surface area (Å²) in [4.78, 5) is 11.2. The molecule has 186 valence electrons. The van der Waals surface area contributed by atoms with Gasteiger partial charge in [-0.2, -0.15) is 0 Å². The summed E-state index contributed by atoms with van der Waals surface area (Å²) >= 11 is 0. The lowest BCUT2D eigenvalue weighted by molar-refractivity contribution is -0.195.